The number of carbonyl (C=O) groups is 3. The van der Waals surface area contributed by atoms with Crippen LogP contribution in [0.5, 0.6) is 0 Å². The van der Waals surface area contributed by atoms with Crippen LogP contribution in [0.2, 0.25) is 5.15 Å². The van der Waals surface area contributed by atoms with E-state index in [0.29, 0.717) is 57.5 Å². The molecule has 0 saturated heterocycles. The van der Waals surface area contributed by atoms with Gasteiger partial charge in [-0.25, -0.2) is 69.4 Å². The zero-order chi connectivity index (χ0) is 79.9. The quantitative estimate of drug-likeness (QED) is 0.0270. The summed E-state index contributed by atoms with van der Waals surface area (Å²) in [6.07, 6.45) is 17.5. The van der Waals surface area contributed by atoms with E-state index in [4.69, 9.17) is 50.1 Å². The normalized spacial score (nSPS) is 11.0. The number of ketones is 1. The minimum absolute atomic E-state index is 0. The average molecular weight is 1800 g/mol. The third-order valence-corrected chi connectivity index (χ3v) is 24.5. The van der Waals surface area contributed by atoms with Crippen molar-refractivity contribution >= 4 is 262 Å². The number of aromatic carboxylic acids is 1. The molecule has 23 nitrogen and oxygen atoms in total. The molecule has 12 aromatic heterocycles. The van der Waals surface area contributed by atoms with Crippen LogP contribution in [0.1, 0.15) is 112 Å². The Balaban J connectivity index is 0.000000179. The number of carboxylic acid groups (broad SMARTS) is 1. The number of benzene rings is 4. The number of hydrogen-bond donors (Lipinski definition) is 6. The molecule has 4 aromatic carbocycles. The number of rotatable bonds is 13. The Bertz CT molecular complexity index is 6220. The van der Waals surface area contributed by atoms with Gasteiger partial charge in [-0.15, -0.1) is 68.0 Å². The molecule has 0 aliphatic rings. The van der Waals surface area contributed by atoms with E-state index < -0.39 is 17.7 Å². The van der Waals surface area contributed by atoms with Gasteiger partial charge in [-0.3, -0.25) is 4.79 Å². The smallest absolute Gasteiger partial charge is 0.870 e. The number of carbonyl (C=O) groups excluding carboxylic acids is 2. The van der Waals surface area contributed by atoms with Crippen LogP contribution < -0.4 is 47.5 Å². The Morgan fingerprint density at radius 3 is 1.22 bits per heavy atom. The van der Waals surface area contributed by atoms with Crippen molar-refractivity contribution in [2.24, 2.45) is 0 Å². The second kappa shape index (κ2) is 41.0. The number of nitrogens with two attached hydrogens (primary N) is 5. The molecule has 36 heteroatoms. The second-order valence-corrected chi connectivity index (χ2v) is 31.0. The first-order chi connectivity index (χ1) is 53.8. The van der Waals surface area contributed by atoms with Gasteiger partial charge in [-0.2, -0.15) is 13.2 Å². The van der Waals surface area contributed by atoms with Gasteiger partial charge in [0.2, 0.25) is 0 Å². The number of aryl methyl sites for hydroxylation is 3. The predicted molar refractivity (Wildman–Crippen MR) is 468 cm³/mol. The Morgan fingerprint density at radius 1 is 0.478 bits per heavy atom. The number of alkyl halides is 3. The van der Waals surface area contributed by atoms with Crippen molar-refractivity contribution in [1.29, 1.82) is 0 Å². The van der Waals surface area contributed by atoms with Crippen LogP contribution in [0.4, 0.5) is 42.3 Å². The van der Waals surface area contributed by atoms with Crippen LogP contribution in [0.25, 0.3) is 104 Å². The maximum absolute atomic E-state index is 12.9. The van der Waals surface area contributed by atoms with Crippen molar-refractivity contribution in [1.82, 2.24) is 59.8 Å². The number of anilines is 5. The number of halogens is 6. The van der Waals surface area contributed by atoms with Gasteiger partial charge in [0, 0.05) is 66.5 Å². The van der Waals surface area contributed by atoms with E-state index in [1.54, 1.807) is 72.1 Å². The number of ether oxygens (including phenoxy) is 1. The molecule has 0 bridgehead atoms. The molecular formula is C79H66Br2ClF3LiN17O6S6. The molecule has 0 radical (unpaired) electrons. The van der Waals surface area contributed by atoms with E-state index in [2.05, 4.69) is 98.2 Å². The Labute approximate surface area is 713 Å². The Kier molecular flexibility index (Phi) is 32.1. The number of nitrogens with zero attached hydrogens (tertiary/aromatic N) is 12. The number of fused-ring (bicyclic) bond motifs is 6. The number of esters is 1. The molecule has 0 aliphatic carbocycles. The van der Waals surface area contributed by atoms with Gasteiger partial charge in [0.05, 0.1) is 82.5 Å². The van der Waals surface area contributed by atoms with Crippen LogP contribution in [0.3, 0.4) is 0 Å². The molecule has 0 fully saturated rings. The second-order valence-electron chi connectivity index (χ2n) is 23.7. The zero-order valence-electron chi connectivity index (χ0n) is 60.6. The molecule has 12 heterocycles. The molecular weight excluding hydrogens is 1730 g/mol. The molecule has 0 saturated carbocycles. The van der Waals surface area contributed by atoms with Gasteiger partial charge in [0.15, 0.2) is 5.78 Å². The van der Waals surface area contributed by atoms with Crippen molar-refractivity contribution in [2.45, 2.75) is 47.7 Å². The van der Waals surface area contributed by atoms with Crippen molar-refractivity contribution in [3.05, 3.63) is 253 Å². The van der Waals surface area contributed by atoms with Crippen LogP contribution >= 0.6 is 111 Å². The fraction of sp³-hybridized carbons (Fsp3) is 0.101. The number of thiophene rings is 6. The van der Waals surface area contributed by atoms with Gasteiger partial charge in [-0.1, -0.05) is 111 Å². The molecule has 16 rings (SSSR count). The van der Waals surface area contributed by atoms with Crippen LogP contribution in [0.15, 0.2) is 165 Å². The molecule has 0 unspecified atom stereocenters. The Morgan fingerprint density at radius 2 is 0.817 bits per heavy atom. The van der Waals surface area contributed by atoms with Gasteiger partial charge >= 0.3 is 37.0 Å². The van der Waals surface area contributed by atoms with Gasteiger partial charge in [-0.05, 0) is 135 Å². The zero-order valence-corrected chi connectivity index (χ0v) is 69.4. The third-order valence-electron chi connectivity index (χ3n) is 16.3. The fourth-order valence-electron chi connectivity index (χ4n) is 10.5. The largest absolute Gasteiger partial charge is 1.00 e. The summed E-state index contributed by atoms with van der Waals surface area (Å²) in [5, 5.41) is 21.4. The van der Waals surface area contributed by atoms with Crippen LogP contribution in [-0.2, 0) is 17.3 Å². The van der Waals surface area contributed by atoms with Crippen molar-refractivity contribution in [3.8, 4) is 0 Å². The van der Waals surface area contributed by atoms with Crippen molar-refractivity contribution < 1.29 is 61.7 Å². The first-order valence-corrected chi connectivity index (χ1v) is 40.2. The van der Waals surface area contributed by atoms with E-state index in [1.165, 1.54) is 95.4 Å². The standard InChI is InChI=1S/C24H18F3N3OS.C18H17N3O2S.C16H13N3O2S.C8H7N3S.C6H2BrClN2S.C6H4BrN3S.CH4.Li.H2O/c1-14-5-6-17(20(31)10-15-3-2-4-19(9-15)24(25,26)27)11-16(14)7-8-18-12-32-22-21(18)29-13-30-23(22)28;1-3-23-18(22)13-5-4-11(2)12(8-13)6-7-14-9-24-16-15(14)20-10-21-17(16)19;1-9-2-3-11(16(20)21)6-10(9)4-5-12-7-22-14-13(12)18-8-19-15(14)17;1-2-5-3-12-7-6(5)10-4-11-8(7)9;2*7-3-1-11-5-4(3)9-2-10-6(5)8;;;/h2-9,11-13H,10H2,1H3,(H2,28,29,30);4-10H,3H2,1-2H3,(H2,19,20,21);2-8H,1H3,(H,20,21)(H2,17,18,19);2-4H,1H2,(H2,9,10,11);1-2H;1-2H,(H2,8,9,10);1H4;;1H2/q;;;;;;;+1;/p-1/b8-7+;7-6+;5-4+;;;;;;. The van der Waals surface area contributed by atoms with Crippen molar-refractivity contribution in [2.75, 3.05) is 35.3 Å². The molecule has 0 spiro atoms. The molecule has 0 amide bonds. The number of Topliss-reactive ketones (excluding diaryl/α,β-unsaturated/α-hetero) is 1. The summed E-state index contributed by atoms with van der Waals surface area (Å²) in [4.78, 5) is 84.4. The molecule has 115 heavy (non-hydrogen) atoms. The van der Waals surface area contributed by atoms with Gasteiger partial charge in [0.1, 0.15) is 83.2 Å². The molecule has 16 aromatic rings. The first kappa shape index (κ1) is 89.8. The van der Waals surface area contributed by atoms with E-state index in [-0.39, 0.29) is 55.5 Å². The maximum Gasteiger partial charge on any atom is 1.00 e. The van der Waals surface area contributed by atoms with E-state index in [1.807, 2.05) is 108 Å². The summed E-state index contributed by atoms with van der Waals surface area (Å²) < 4.78 is 51.2. The van der Waals surface area contributed by atoms with E-state index in [9.17, 15) is 27.6 Å². The first-order valence-electron chi connectivity index (χ1n) is 32.9. The van der Waals surface area contributed by atoms with E-state index in [0.717, 1.165) is 138 Å². The van der Waals surface area contributed by atoms with E-state index >= 15 is 0 Å². The summed E-state index contributed by atoms with van der Waals surface area (Å²) >= 11 is 21.6. The summed E-state index contributed by atoms with van der Waals surface area (Å²) in [6.45, 7) is 11.7. The SMILES string of the molecule is C.C=Cc1csc2c(N)ncnc12.CCOC(=O)c1ccc(C)c(/C=C/c2csc3c(N)ncnc23)c1.Cc1ccc(C(=O)Cc2cccc(C(F)(F)F)c2)cc1/C=C/c1csc2c(N)ncnc12.Cc1ccc(C(=O)O)cc1/C=C/c1csc2c(N)ncnc12.Clc1ncnc2c(Br)csc12.Nc1ncnc2c(Br)csc12.[Li+].[OH-]. The number of carboxylic acids is 1. The maximum atomic E-state index is 12.9. The van der Waals surface area contributed by atoms with Crippen LogP contribution in [0, 0.1) is 20.8 Å². The summed E-state index contributed by atoms with van der Waals surface area (Å²) in [5.41, 5.74) is 44.2. The summed E-state index contributed by atoms with van der Waals surface area (Å²) in [6, 6.07) is 20.7. The minimum atomic E-state index is -4.44. The predicted octanol–water partition coefficient (Wildman–Crippen LogP) is 18.1. The third kappa shape index (κ3) is 22.2. The molecule has 0 atom stereocenters. The van der Waals surface area contributed by atoms with Crippen LogP contribution in [-0.4, -0.2) is 94.7 Å². The number of aromatic nitrogens is 12. The van der Waals surface area contributed by atoms with Crippen molar-refractivity contribution in [3.63, 3.8) is 0 Å². The van der Waals surface area contributed by atoms with Gasteiger partial charge in [0.25, 0.3) is 0 Å². The summed E-state index contributed by atoms with van der Waals surface area (Å²) in [5.74, 6) is 0.982. The average Bonchev–Trinajstić information content (AvgIpc) is 1.69. The molecule has 0 aliphatic heterocycles. The number of nitrogen functional groups attached to an aromatic ring is 5. The topological polar surface area (TPSA) is 395 Å². The fourth-order valence-corrected chi connectivity index (χ4v) is 17.3. The minimum Gasteiger partial charge on any atom is -0.870 e. The monoisotopic (exact) mass is 1800 g/mol. The van der Waals surface area contributed by atoms with Gasteiger partial charge < -0.3 is 44.0 Å². The Hall–Kier alpha value is -10.7. The molecule has 12 N–H and O–H groups in total. The molecule has 582 valence electrons. The number of hydrogen-bond acceptors (Lipinski definition) is 28. The summed E-state index contributed by atoms with van der Waals surface area (Å²) in [7, 11) is 0.